The minimum Gasteiger partial charge on any atom is -0.383 e. The fourth-order valence-electron chi connectivity index (χ4n) is 1.73. The predicted molar refractivity (Wildman–Crippen MR) is 86.2 cm³/mol. The van der Waals surface area contributed by atoms with Crippen LogP contribution in [0.25, 0.3) is 11.4 Å². The van der Waals surface area contributed by atoms with E-state index < -0.39 is 11.6 Å². The van der Waals surface area contributed by atoms with Crippen molar-refractivity contribution >= 4 is 44.3 Å². The third-order valence-corrected chi connectivity index (χ3v) is 4.66. The van der Waals surface area contributed by atoms with Crippen molar-refractivity contribution in [2.24, 2.45) is 0 Å². The highest BCUT2D eigenvalue weighted by molar-refractivity contribution is 14.1. The molecular weight excluding hydrogens is 443 g/mol. The molecule has 1 heterocycles. The van der Waals surface area contributed by atoms with Crippen molar-refractivity contribution in [3.8, 4) is 11.4 Å². The Morgan fingerprint density at radius 2 is 2.00 bits per heavy atom. The smallest absolute Gasteiger partial charge is 0.173 e. The largest absolute Gasteiger partial charge is 0.383 e. The molecule has 7 heteroatoms. The van der Waals surface area contributed by atoms with E-state index in [1.807, 2.05) is 6.92 Å². The van der Waals surface area contributed by atoms with Gasteiger partial charge in [0.1, 0.15) is 5.82 Å². The summed E-state index contributed by atoms with van der Waals surface area (Å²) in [4.78, 5) is 8.56. The zero-order valence-electron chi connectivity index (χ0n) is 10.6. The molecule has 2 rings (SSSR count). The number of benzene rings is 1. The van der Waals surface area contributed by atoms with Gasteiger partial charge in [-0.2, -0.15) is 0 Å². The van der Waals surface area contributed by atoms with Crippen LogP contribution in [0.1, 0.15) is 19.0 Å². The summed E-state index contributed by atoms with van der Waals surface area (Å²) in [5.74, 6) is -1.25. The maximum Gasteiger partial charge on any atom is 0.173 e. The lowest BCUT2D eigenvalue weighted by Gasteiger charge is -2.10. The van der Waals surface area contributed by atoms with Gasteiger partial charge in [0.05, 0.1) is 13.7 Å². The first kappa shape index (κ1) is 15.6. The van der Waals surface area contributed by atoms with Crippen molar-refractivity contribution in [3.63, 3.8) is 0 Å². The van der Waals surface area contributed by atoms with Crippen LogP contribution in [0.15, 0.2) is 16.6 Å². The highest BCUT2D eigenvalue weighted by Gasteiger charge is 2.17. The number of rotatable bonds is 3. The van der Waals surface area contributed by atoms with Gasteiger partial charge in [-0.05, 0) is 57.1 Å². The molecule has 0 spiro atoms. The van der Waals surface area contributed by atoms with Gasteiger partial charge in [-0.25, -0.2) is 18.7 Å². The first-order chi connectivity index (χ1) is 9.45. The van der Waals surface area contributed by atoms with Gasteiger partial charge < -0.3 is 5.73 Å². The molecule has 2 aromatic rings. The molecule has 20 heavy (non-hydrogen) atoms. The molecule has 0 saturated carbocycles. The summed E-state index contributed by atoms with van der Waals surface area (Å²) in [5.41, 5.74) is 7.06. The van der Waals surface area contributed by atoms with Gasteiger partial charge in [0.15, 0.2) is 17.5 Å². The van der Waals surface area contributed by atoms with Gasteiger partial charge in [0.2, 0.25) is 0 Å². The van der Waals surface area contributed by atoms with Gasteiger partial charge in [-0.3, -0.25) is 0 Å². The van der Waals surface area contributed by atoms with E-state index in [9.17, 15) is 8.78 Å². The lowest BCUT2D eigenvalue weighted by atomic mass is 10.2. The normalized spacial score (nSPS) is 10.8. The second kappa shape index (κ2) is 6.30. The topological polar surface area (TPSA) is 51.8 Å². The van der Waals surface area contributed by atoms with Crippen molar-refractivity contribution in [2.45, 2.75) is 19.8 Å². The van der Waals surface area contributed by atoms with E-state index in [0.717, 1.165) is 28.2 Å². The van der Waals surface area contributed by atoms with Crippen molar-refractivity contribution in [2.75, 3.05) is 5.73 Å². The molecule has 0 aliphatic rings. The van der Waals surface area contributed by atoms with Gasteiger partial charge in [0, 0.05) is 5.56 Å². The van der Waals surface area contributed by atoms with Crippen molar-refractivity contribution in [3.05, 3.63) is 37.5 Å². The van der Waals surface area contributed by atoms with Crippen LogP contribution in [0, 0.1) is 15.2 Å². The van der Waals surface area contributed by atoms with Gasteiger partial charge in [0.25, 0.3) is 0 Å². The maximum absolute atomic E-state index is 13.6. The van der Waals surface area contributed by atoms with Gasteiger partial charge in [-0.1, -0.05) is 13.3 Å². The first-order valence-corrected chi connectivity index (χ1v) is 7.78. The van der Waals surface area contributed by atoms with Crippen molar-refractivity contribution < 1.29 is 8.78 Å². The molecule has 1 aromatic heterocycles. The number of nitrogen functional groups attached to an aromatic ring is 1. The molecule has 0 amide bonds. The number of nitrogens with two attached hydrogens (primary N) is 1. The Morgan fingerprint density at radius 3 is 2.65 bits per heavy atom. The third-order valence-electron chi connectivity index (χ3n) is 2.71. The molecule has 0 unspecified atom stereocenters. The number of hydrogen-bond acceptors (Lipinski definition) is 3. The average Bonchev–Trinajstić information content (AvgIpc) is 2.41. The summed E-state index contributed by atoms with van der Waals surface area (Å²) in [7, 11) is 0. The maximum atomic E-state index is 13.6. The van der Waals surface area contributed by atoms with Gasteiger partial charge in [-0.15, -0.1) is 0 Å². The number of halogens is 4. The van der Waals surface area contributed by atoms with Crippen LogP contribution in [0.3, 0.4) is 0 Å². The summed E-state index contributed by atoms with van der Waals surface area (Å²) >= 11 is 5.13. The van der Waals surface area contributed by atoms with E-state index in [0.29, 0.717) is 11.4 Å². The zero-order chi connectivity index (χ0) is 14.9. The zero-order valence-corrected chi connectivity index (χ0v) is 14.3. The molecule has 0 atom stereocenters. The van der Waals surface area contributed by atoms with E-state index in [2.05, 4.69) is 48.5 Å². The second-order valence-corrected chi connectivity index (χ2v) is 6.04. The minimum absolute atomic E-state index is 0.000515. The van der Waals surface area contributed by atoms with E-state index in [4.69, 9.17) is 5.73 Å². The molecule has 0 radical (unpaired) electrons. The number of nitrogens with zero attached hydrogens (tertiary/aromatic N) is 2. The fraction of sp³-hybridized carbons (Fsp3) is 0.231. The Hall–Kier alpha value is -0.830. The van der Waals surface area contributed by atoms with E-state index >= 15 is 0 Å². The highest BCUT2D eigenvalue weighted by atomic mass is 127. The summed E-state index contributed by atoms with van der Waals surface area (Å²) in [6, 6.07) is 2.48. The van der Waals surface area contributed by atoms with Crippen LogP contribution in [0.2, 0.25) is 0 Å². The quantitative estimate of drug-likeness (QED) is 0.556. The second-order valence-electron chi connectivity index (χ2n) is 4.17. The number of aromatic nitrogens is 2. The number of anilines is 1. The number of hydrogen-bond donors (Lipinski definition) is 1. The lowest BCUT2D eigenvalue weighted by molar-refractivity contribution is 0.504. The monoisotopic (exact) mass is 453 g/mol. The highest BCUT2D eigenvalue weighted by Crippen LogP contribution is 2.31. The summed E-state index contributed by atoms with van der Waals surface area (Å²) in [6.07, 6.45) is 1.66. The Bertz CT molecular complexity index is 665. The number of aryl methyl sites for hydroxylation is 1. The Balaban J connectivity index is 2.61. The van der Waals surface area contributed by atoms with Crippen LogP contribution >= 0.6 is 38.5 Å². The van der Waals surface area contributed by atoms with Crippen LogP contribution in [0.4, 0.5) is 14.6 Å². The molecule has 106 valence electrons. The van der Waals surface area contributed by atoms with Crippen LogP contribution in [-0.2, 0) is 6.42 Å². The van der Waals surface area contributed by atoms with E-state index in [1.54, 1.807) is 0 Å². The Labute approximate surface area is 137 Å². The van der Waals surface area contributed by atoms with E-state index in [-0.39, 0.29) is 10.3 Å². The average molecular weight is 454 g/mol. The molecule has 0 aliphatic carbocycles. The van der Waals surface area contributed by atoms with Crippen LogP contribution < -0.4 is 5.73 Å². The molecule has 2 N–H and O–H groups in total. The van der Waals surface area contributed by atoms with Crippen molar-refractivity contribution in [1.82, 2.24) is 9.97 Å². The summed E-state index contributed by atoms with van der Waals surface area (Å²) in [5, 5.41) is 0. The SMILES string of the molecule is CCCc1nc(-c2ccc(F)c(F)c2Br)nc(N)c1I. The summed E-state index contributed by atoms with van der Waals surface area (Å²) in [6.45, 7) is 2.03. The molecule has 0 saturated heterocycles. The van der Waals surface area contributed by atoms with Gasteiger partial charge >= 0.3 is 0 Å². The van der Waals surface area contributed by atoms with Crippen LogP contribution in [0.5, 0.6) is 0 Å². The van der Waals surface area contributed by atoms with E-state index in [1.165, 1.54) is 6.07 Å². The molecule has 1 aromatic carbocycles. The molecule has 0 bridgehead atoms. The molecule has 3 nitrogen and oxygen atoms in total. The first-order valence-electron chi connectivity index (χ1n) is 5.91. The fourth-order valence-corrected chi connectivity index (χ4v) is 2.74. The summed E-state index contributed by atoms with van der Waals surface area (Å²) < 4.78 is 27.5. The lowest BCUT2D eigenvalue weighted by Crippen LogP contribution is -2.05. The molecule has 0 fully saturated rings. The standard InChI is InChI=1S/C13H11BrF2IN3/c1-2-3-8-11(17)12(18)20-13(19-8)6-4-5-7(15)10(16)9(6)14/h4-5H,2-3H2,1H3,(H2,18,19,20). The molecule has 0 aliphatic heterocycles. The predicted octanol–water partition coefficient (Wildman–Crippen LogP) is 4.32. The Morgan fingerprint density at radius 1 is 1.30 bits per heavy atom. The Kier molecular flexibility index (Phi) is 4.90. The third kappa shape index (κ3) is 2.93. The van der Waals surface area contributed by atoms with Crippen molar-refractivity contribution in [1.29, 1.82) is 0 Å². The molecular formula is C13H11BrF2IN3. The minimum atomic E-state index is -0.958. The van der Waals surface area contributed by atoms with Crippen LogP contribution in [-0.4, -0.2) is 9.97 Å².